The standard InChI is InChI=1S/C18H33BrO/c1-4-5-6-7-8-9-12-20-18(14-19)16-11-10-15(13-16)17(18,2)3/h15-16H,4-14H2,1-3H3. The zero-order valence-electron chi connectivity index (χ0n) is 13.7. The van der Waals surface area contributed by atoms with Crippen LogP contribution in [0, 0.1) is 17.3 Å². The van der Waals surface area contributed by atoms with E-state index in [0.717, 1.165) is 23.8 Å². The van der Waals surface area contributed by atoms with E-state index >= 15 is 0 Å². The van der Waals surface area contributed by atoms with Crippen LogP contribution >= 0.6 is 15.9 Å². The summed E-state index contributed by atoms with van der Waals surface area (Å²) in [7, 11) is 0. The first kappa shape index (κ1) is 16.8. The summed E-state index contributed by atoms with van der Waals surface area (Å²) in [4.78, 5) is 0. The molecule has 2 saturated carbocycles. The quantitative estimate of drug-likeness (QED) is 0.370. The molecule has 0 N–H and O–H groups in total. The predicted octanol–water partition coefficient (Wildman–Crippen LogP) is 5.95. The number of unbranched alkanes of at least 4 members (excludes halogenated alkanes) is 5. The maximum absolute atomic E-state index is 6.55. The summed E-state index contributed by atoms with van der Waals surface area (Å²) in [6.07, 6.45) is 12.3. The Bertz CT molecular complexity index is 302. The van der Waals surface area contributed by atoms with E-state index in [4.69, 9.17) is 4.74 Å². The number of rotatable bonds is 9. The van der Waals surface area contributed by atoms with Gasteiger partial charge >= 0.3 is 0 Å². The molecule has 0 amide bonds. The minimum atomic E-state index is 0.110. The first-order chi connectivity index (χ1) is 9.58. The van der Waals surface area contributed by atoms with Gasteiger partial charge in [-0.15, -0.1) is 0 Å². The Balaban J connectivity index is 1.78. The van der Waals surface area contributed by atoms with Gasteiger partial charge in [0.1, 0.15) is 0 Å². The lowest BCUT2D eigenvalue weighted by atomic mass is 9.66. The van der Waals surface area contributed by atoms with E-state index in [2.05, 4.69) is 36.7 Å². The van der Waals surface area contributed by atoms with Crippen molar-refractivity contribution < 1.29 is 4.74 Å². The lowest BCUT2D eigenvalue weighted by molar-refractivity contribution is -0.137. The van der Waals surface area contributed by atoms with Crippen LogP contribution in [-0.4, -0.2) is 17.5 Å². The molecule has 0 aliphatic heterocycles. The summed E-state index contributed by atoms with van der Waals surface area (Å²) in [6, 6.07) is 0. The number of ether oxygens (including phenoxy) is 1. The maximum atomic E-state index is 6.55. The van der Waals surface area contributed by atoms with Gasteiger partial charge in [-0.3, -0.25) is 0 Å². The van der Waals surface area contributed by atoms with Gasteiger partial charge in [0.2, 0.25) is 0 Å². The van der Waals surface area contributed by atoms with Crippen LogP contribution < -0.4 is 0 Å². The van der Waals surface area contributed by atoms with Gasteiger partial charge in [-0.1, -0.05) is 68.8 Å². The van der Waals surface area contributed by atoms with Crippen LogP contribution in [0.3, 0.4) is 0 Å². The van der Waals surface area contributed by atoms with Gasteiger partial charge in [-0.25, -0.2) is 0 Å². The molecule has 0 aromatic heterocycles. The molecule has 2 heteroatoms. The van der Waals surface area contributed by atoms with Crippen LogP contribution in [-0.2, 0) is 4.74 Å². The second-order valence-electron chi connectivity index (χ2n) is 7.57. The fourth-order valence-corrected chi connectivity index (χ4v) is 6.03. The van der Waals surface area contributed by atoms with E-state index < -0.39 is 0 Å². The second-order valence-corrected chi connectivity index (χ2v) is 8.13. The number of fused-ring (bicyclic) bond motifs is 2. The summed E-state index contributed by atoms with van der Waals surface area (Å²) in [6.45, 7) is 8.13. The normalized spacial score (nSPS) is 34.8. The highest BCUT2D eigenvalue weighted by molar-refractivity contribution is 9.09. The van der Waals surface area contributed by atoms with Gasteiger partial charge in [0.25, 0.3) is 0 Å². The molecule has 2 fully saturated rings. The highest BCUT2D eigenvalue weighted by atomic mass is 79.9. The minimum absolute atomic E-state index is 0.110. The molecule has 2 aliphatic carbocycles. The van der Waals surface area contributed by atoms with Crippen molar-refractivity contribution in [3.63, 3.8) is 0 Å². The van der Waals surface area contributed by atoms with Gasteiger partial charge in [-0.05, 0) is 42.9 Å². The maximum Gasteiger partial charge on any atom is 0.0860 e. The Morgan fingerprint density at radius 1 is 1.00 bits per heavy atom. The summed E-state index contributed by atoms with van der Waals surface area (Å²) in [5.74, 6) is 1.68. The molecular formula is C18H33BrO. The number of alkyl halides is 1. The van der Waals surface area contributed by atoms with E-state index in [9.17, 15) is 0 Å². The summed E-state index contributed by atoms with van der Waals surface area (Å²) < 4.78 is 6.55. The van der Waals surface area contributed by atoms with Crippen molar-refractivity contribution in [2.45, 2.75) is 84.2 Å². The van der Waals surface area contributed by atoms with E-state index in [1.54, 1.807) is 0 Å². The zero-order chi connectivity index (χ0) is 14.6. The first-order valence-corrected chi connectivity index (χ1v) is 9.90. The average molecular weight is 345 g/mol. The van der Waals surface area contributed by atoms with Crippen molar-refractivity contribution in [2.75, 3.05) is 11.9 Å². The monoisotopic (exact) mass is 344 g/mol. The molecule has 3 atom stereocenters. The van der Waals surface area contributed by atoms with Crippen LogP contribution in [0.4, 0.5) is 0 Å². The van der Waals surface area contributed by atoms with Gasteiger partial charge in [0.15, 0.2) is 0 Å². The Hall–Kier alpha value is 0.440. The topological polar surface area (TPSA) is 9.23 Å². The molecule has 20 heavy (non-hydrogen) atoms. The fourth-order valence-electron chi connectivity index (χ4n) is 4.69. The van der Waals surface area contributed by atoms with Crippen molar-refractivity contribution in [3.05, 3.63) is 0 Å². The summed E-state index contributed by atoms with van der Waals surface area (Å²) >= 11 is 3.79. The highest BCUT2D eigenvalue weighted by Gasteiger charge is 2.63. The summed E-state index contributed by atoms with van der Waals surface area (Å²) in [5, 5.41) is 1.02. The van der Waals surface area contributed by atoms with Crippen LogP contribution in [0.5, 0.6) is 0 Å². The molecule has 3 unspecified atom stereocenters. The molecule has 2 aliphatic rings. The Labute approximate surface area is 134 Å². The molecule has 118 valence electrons. The molecule has 2 rings (SSSR count). The molecular weight excluding hydrogens is 312 g/mol. The molecule has 1 nitrogen and oxygen atoms in total. The largest absolute Gasteiger partial charge is 0.373 e. The lowest BCUT2D eigenvalue weighted by Gasteiger charge is -2.48. The van der Waals surface area contributed by atoms with Crippen LogP contribution in [0.15, 0.2) is 0 Å². The van der Waals surface area contributed by atoms with Crippen molar-refractivity contribution in [1.29, 1.82) is 0 Å². The Morgan fingerprint density at radius 3 is 2.25 bits per heavy atom. The SMILES string of the molecule is CCCCCCCCOC1(CBr)C2CCC(C2)C1(C)C. The summed E-state index contributed by atoms with van der Waals surface area (Å²) in [5.41, 5.74) is 0.459. The third-order valence-corrected chi connectivity index (χ3v) is 7.09. The van der Waals surface area contributed by atoms with Crippen molar-refractivity contribution in [3.8, 4) is 0 Å². The van der Waals surface area contributed by atoms with E-state index in [1.807, 2.05) is 0 Å². The lowest BCUT2D eigenvalue weighted by Crippen LogP contribution is -2.53. The van der Waals surface area contributed by atoms with E-state index in [0.29, 0.717) is 5.41 Å². The van der Waals surface area contributed by atoms with Crippen molar-refractivity contribution >= 4 is 15.9 Å². The molecule has 0 spiro atoms. The number of hydrogen-bond donors (Lipinski definition) is 0. The van der Waals surface area contributed by atoms with Gasteiger partial charge < -0.3 is 4.74 Å². The molecule has 0 heterocycles. The zero-order valence-corrected chi connectivity index (χ0v) is 15.3. The Kier molecular flexibility index (Phi) is 5.99. The minimum Gasteiger partial charge on any atom is -0.373 e. The second kappa shape index (κ2) is 7.13. The highest BCUT2D eigenvalue weighted by Crippen LogP contribution is 2.63. The van der Waals surface area contributed by atoms with E-state index in [-0.39, 0.29) is 5.60 Å². The molecule has 2 bridgehead atoms. The van der Waals surface area contributed by atoms with Gasteiger partial charge in [0.05, 0.1) is 5.60 Å². The Morgan fingerprint density at radius 2 is 1.65 bits per heavy atom. The van der Waals surface area contributed by atoms with Crippen molar-refractivity contribution in [1.82, 2.24) is 0 Å². The van der Waals surface area contributed by atoms with Crippen LogP contribution in [0.2, 0.25) is 0 Å². The van der Waals surface area contributed by atoms with Gasteiger partial charge in [-0.2, -0.15) is 0 Å². The van der Waals surface area contributed by atoms with Gasteiger partial charge in [0, 0.05) is 11.9 Å². The third-order valence-electron chi connectivity index (χ3n) is 6.26. The fraction of sp³-hybridized carbons (Fsp3) is 1.00. The molecule has 0 saturated heterocycles. The molecule has 0 radical (unpaired) electrons. The van der Waals surface area contributed by atoms with E-state index in [1.165, 1.54) is 57.8 Å². The smallest absolute Gasteiger partial charge is 0.0860 e. The first-order valence-electron chi connectivity index (χ1n) is 8.78. The molecule has 0 aromatic rings. The number of halogens is 1. The number of hydrogen-bond acceptors (Lipinski definition) is 1. The van der Waals surface area contributed by atoms with Crippen LogP contribution in [0.25, 0.3) is 0 Å². The van der Waals surface area contributed by atoms with Crippen LogP contribution in [0.1, 0.15) is 78.6 Å². The third kappa shape index (κ3) is 2.97. The predicted molar refractivity (Wildman–Crippen MR) is 90.5 cm³/mol. The average Bonchev–Trinajstić information content (AvgIpc) is 2.98. The van der Waals surface area contributed by atoms with Crippen molar-refractivity contribution in [2.24, 2.45) is 17.3 Å². The molecule has 0 aromatic carbocycles.